The summed E-state index contributed by atoms with van der Waals surface area (Å²) in [5.74, 6) is 0.706. The molecule has 0 saturated carbocycles. The molecule has 0 unspecified atom stereocenters. The Labute approximate surface area is 106 Å². The highest BCUT2D eigenvalue weighted by molar-refractivity contribution is 5.52. The number of aromatic nitrogens is 4. The largest absolute Gasteiger partial charge is 0.316 e. The van der Waals surface area contributed by atoms with Crippen LogP contribution in [0.15, 0.2) is 18.5 Å². The standard InChI is InChI=1S/C13H17N5/c1-9-4-12(18-17-9)13-8-15-11(7-16-13)5-10-2-3-14-6-10/h4,7-8,10,14H,2-3,5-6H2,1H3,(H,17,18)/t10-/m0/s1. The lowest BCUT2D eigenvalue weighted by molar-refractivity contribution is 0.570. The molecule has 3 rings (SSSR count). The van der Waals surface area contributed by atoms with E-state index in [1.165, 1.54) is 6.42 Å². The second kappa shape index (κ2) is 4.86. The van der Waals surface area contributed by atoms with E-state index in [1.807, 2.05) is 25.4 Å². The summed E-state index contributed by atoms with van der Waals surface area (Å²) in [7, 11) is 0. The summed E-state index contributed by atoms with van der Waals surface area (Å²) in [5.41, 5.74) is 3.79. The van der Waals surface area contributed by atoms with E-state index < -0.39 is 0 Å². The first-order valence-corrected chi connectivity index (χ1v) is 6.35. The maximum Gasteiger partial charge on any atom is 0.112 e. The van der Waals surface area contributed by atoms with Crippen molar-refractivity contribution in [3.63, 3.8) is 0 Å². The summed E-state index contributed by atoms with van der Waals surface area (Å²) < 4.78 is 0. The van der Waals surface area contributed by atoms with Gasteiger partial charge in [-0.2, -0.15) is 5.10 Å². The van der Waals surface area contributed by atoms with Gasteiger partial charge in [-0.15, -0.1) is 0 Å². The predicted molar refractivity (Wildman–Crippen MR) is 69.0 cm³/mol. The van der Waals surface area contributed by atoms with Crippen LogP contribution in [-0.2, 0) is 6.42 Å². The van der Waals surface area contributed by atoms with Crippen LogP contribution in [0.5, 0.6) is 0 Å². The molecular formula is C13H17N5. The molecule has 0 radical (unpaired) electrons. The summed E-state index contributed by atoms with van der Waals surface area (Å²) in [4.78, 5) is 8.92. The molecule has 1 atom stereocenters. The van der Waals surface area contributed by atoms with Crippen molar-refractivity contribution in [3.8, 4) is 11.4 Å². The number of hydrogen-bond acceptors (Lipinski definition) is 4. The number of aryl methyl sites for hydroxylation is 1. The summed E-state index contributed by atoms with van der Waals surface area (Å²) >= 11 is 0. The van der Waals surface area contributed by atoms with E-state index in [4.69, 9.17) is 0 Å². The maximum absolute atomic E-state index is 4.48. The van der Waals surface area contributed by atoms with Crippen LogP contribution < -0.4 is 5.32 Å². The van der Waals surface area contributed by atoms with Gasteiger partial charge in [-0.1, -0.05) is 0 Å². The van der Waals surface area contributed by atoms with Crippen LogP contribution in [0.2, 0.25) is 0 Å². The average molecular weight is 243 g/mol. The van der Waals surface area contributed by atoms with Gasteiger partial charge in [0.2, 0.25) is 0 Å². The first kappa shape index (κ1) is 11.3. The van der Waals surface area contributed by atoms with Crippen LogP contribution in [0.1, 0.15) is 17.8 Å². The van der Waals surface area contributed by atoms with E-state index in [0.29, 0.717) is 5.92 Å². The number of hydrogen-bond donors (Lipinski definition) is 2. The third-order valence-electron chi connectivity index (χ3n) is 3.33. The second-order valence-corrected chi connectivity index (χ2v) is 4.89. The highest BCUT2D eigenvalue weighted by Crippen LogP contribution is 2.16. The fourth-order valence-electron chi connectivity index (χ4n) is 2.33. The third kappa shape index (κ3) is 2.41. The molecule has 94 valence electrons. The Morgan fingerprint density at radius 2 is 2.22 bits per heavy atom. The molecule has 2 aromatic rings. The van der Waals surface area contributed by atoms with Crippen LogP contribution in [0.4, 0.5) is 0 Å². The molecule has 5 heteroatoms. The lowest BCUT2D eigenvalue weighted by atomic mass is 10.0. The Kier molecular flexibility index (Phi) is 3.06. The Morgan fingerprint density at radius 1 is 1.28 bits per heavy atom. The molecule has 1 fully saturated rings. The van der Waals surface area contributed by atoms with Gasteiger partial charge in [-0.25, -0.2) is 0 Å². The van der Waals surface area contributed by atoms with Crippen molar-refractivity contribution in [2.45, 2.75) is 19.8 Å². The summed E-state index contributed by atoms with van der Waals surface area (Å²) in [6.07, 6.45) is 5.94. The van der Waals surface area contributed by atoms with Gasteiger partial charge in [-0.3, -0.25) is 15.1 Å². The fraction of sp³-hybridized carbons (Fsp3) is 0.462. The van der Waals surface area contributed by atoms with Crippen molar-refractivity contribution in [1.29, 1.82) is 0 Å². The zero-order chi connectivity index (χ0) is 12.4. The maximum atomic E-state index is 4.48. The molecule has 0 aliphatic carbocycles. The Balaban J connectivity index is 1.72. The zero-order valence-electron chi connectivity index (χ0n) is 10.5. The monoisotopic (exact) mass is 243 g/mol. The minimum absolute atomic E-state index is 0.706. The third-order valence-corrected chi connectivity index (χ3v) is 3.33. The number of nitrogens with zero attached hydrogens (tertiary/aromatic N) is 3. The van der Waals surface area contributed by atoms with Gasteiger partial charge in [0.05, 0.1) is 11.9 Å². The van der Waals surface area contributed by atoms with Crippen molar-refractivity contribution in [2.75, 3.05) is 13.1 Å². The van der Waals surface area contributed by atoms with Gasteiger partial charge in [-0.05, 0) is 44.8 Å². The molecule has 0 aromatic carbocycles. The van der Waals surface area contributed by atoms with Crippen molar-refractivity contribution >= 4 is 0 Å². The van der Waals surface area contributed by atoms with Crippen LogP contribution in [0.3, 0.4) is 0 Å². The first-order valence-electron chi connectivity index (χ1n) is 6.35. The predicted octanol–water partition coefficient (Wildman–Crippen LogP) is 1.33. The zero-order valence-corrected chi connectivity index (χ0v) is 10.5. The lowest BCUT2D eigenvalue weighted by Gasteiger charge is -2.06. The summed E-state index contributed by atoms with van der Waals surface area (Å²) in [6.45, 7) is 4.20. The number of rotatable bonds is 3. The van der Waals surface area contributed by atoms with Gasteiger partial charge in [0.1, 0.15) is 11.4 Å². The van der Waals surface area contributed by atoms with E-state index in [0.717, 1.165) is 42.3 Å². The van der Waals surface area contributed by atoms with Crippen LogP contribution >= 0.6 is 0 Å². The van der Waals surface area contributed by atoms with Crippen molar-refractivity contribution in [2.24, 2.45) is 5.92 Å². The fourth-order valence-corrected chi connectivity index (χ4v) is 2.33. The molecule has 2 N–H and O–H groups in total. The number of aromatic amines is 1. The Bertz CT molecular complexity index is 510. The summed E-state index contributed by atoms with van der Waals surface area (Å²) in [5, 5.41) is 10.5. The van der Waals surface area contributed by atoms with Crippen LogP contribution in [0, 0.1) is 12.8 Å². The average Bonchev–Trinajstić information content (AvgIpc) is 3.02. The Morgan fingerprint density at radius 3 is 2.83 bits per heavy atom. The van der Waals surface area contributed by atoms with Gasteiger partial charge >= 0.3 is 0 Å². The molecule has 2 aromatic heterocycles. The highest BCUT2D eigenvalue weighted by Gasteiger charge is 2.15. The molecule has 3 heterocycles. The van der Waals surface area contributed by atoms with Crippen molar-refractivity contribution < 1.29 is 0 Å². The van der Waals surface area contributed by atoms with E-state index in [-0.39, 0.29) is 0 Å². The van der Waals surface area contributed by atoms with E-state index in [9.17, 15) is 0 Å². The molecule has 18 heavy (non-hydrogen) atoms. The smallest absolute Gasteiger partial charge is 0.112 e. The minimum atomic E-state index is 0.706. The van der Waals surface area contributed by atoms with Crippen molar-refractivity contribution in [1.82, 2.24) is 25.5 Å². The molecule has 1 saturated heterocycles. The molecular weight excluding hydrogens is 226 g/mol. The highest BCUT2D eigenvalue weighted by atomic mass is 15.1. The lowest BCUT2D eigenvalue weighted by Crippen LogP contribution is -2.11. The number of H-pyrrole nitrogens is 1. The second-order valence-electron chi connectivity index (χ2n) is 4.89. The normalized spacial score (nSPS) is 19.3. The molecule has 0 bridgehead atoms. The Hall–Kier alpha value is -1.75. The van der Waals surface area contributed by atoms with Gasteiger partial charge in [0, 0.05) is 11.9 Å². The van der Waals surface area contributed by atoms with Gasteiger partial charge in [0.25, 0.3) is 0 Å². The number of nitrogens with one attached hydrogen (secondary N) is 2. The van der Waals surface area contributed by atoms with Gasteiger partial charge in [0.15, 0.2) is 0 Å². The molecule has 0 amide bonds. The molecule has 0 spiro atoms. The van der Waals surface area contributed by atoms with Gasteiger partial charge < -0.3 is 5.32 Å². The molecule has 1 aliphatic rings. The molecule has 1 aliphatic heterocycles. The quantitative estimate of drug-likeness (QED) is 0.853. The van der Waals surface area contributed by atoms with E-state index in [2.05, 4.69) is 25.5 Å². The minimum Gasteiger partial charge on any atom is -0.316 e. The van der Waals surface area contributed by atoms with E-state index >= 15 is 0 Å². The van der Waals surface area contributed by atoms with Crippen LogP contribution in [-0.4, -0.2) is 33.3 Å². The SMILES string of the molecule is Cc1cc(-c2cnc(C[C@@H]3CCNC3)cn2)n[nH]1. The molecule has 5 nitrogen and oxygen atoms in total. The summed E-state index contributed by atoms with van der Waals surface area (Å²) in [6, 6.07) is 1.98. The first-order chi connectivity index (χ1) is 8.81. The van der Waals surface area contributed by atoms with Crippen LogP contribution in [0.25, 0.3) is 11.4 Å². The van der Waals surface area contributed by atoms with Crippen molar-refractivity contribution in [3.05, 3.63) is 29.8 Å². The van der Waals surface area contributed by atoms with E-state index in [1.54, 1.807) is 0 Å². The topological polar surface area (TPSA) is 66.5 Å².